The standard InChI is InChI=1S/C32H38F2O2/c1-3-5-7-9-11-13-26-17-20-28(23-29(26)33)25-15-18-27(19-16-25)32(35)36-31-21-14-24(22-30(31)34)12-10-8-6-4-2/h14-23H,3-13H2,1-2H3. The lowest BCUT2D eigenvalue weighted by molar-refractivity contribution is 0.0728. The Morgan fingerprint density at radius 1 is 0.667 bits per heavy atom. The van der Waals surface area contributed by atoms with Crippen molar-refractivity contribution in [3.8, 4) is 16.9 Å². The lowest BCUT2D eigenvalue weighted by Gasteiger charge is -2.09. The molecule has 0 atom stereocenters. The third-order valence-corrected chi connectivity index (χ3v) is 6.57. The van der Waals surface area contributed by atoms with Crippen molar-refractivity contribution in [2.75, 3.05) is 0 Å². The van der Waals surface area contributed by atoms with Crippen LogP contribution in [0.5, 0.6) is 5.75 Å². The zero-order valence-electron chi connectivity index (χ0n) is 21.6. The van der Waals surface area contributed by atoms with Gasteiger partial charge in [0.2, 0.25) is 0 Å². The Morgan fingerprint density at radius 3 is 1.97 bits per heavy atom. The van der Waals surface area contributed by atoms with Crippen molar-refractivity contribution < 1.29 is 18.3 Å². The van der Waals surface area contributed by atoms with Crippen LogP contribution >= 0.6 is 0 Å². The van der Waals surface area contributed by atoms with E-state index in [1.807, 2.05) is 18.2 Å². The average Bonchev–Trinajstić information content (AvgIpc) is 2.89. The van der Waals surface area contributed by atoms with E-state index in [1.54, 1.807) is 30.3 Å². The summed E-state index contributed by atoms with van der Waals surface area (Å²) in [6, 6.07) is 16.8. The fraction of sp³-hybridized carbons (Fsp3) is 0.406. The Balaban J connectivity index is 1.57. The lowest BCUT2D eigenvalue weighted by Crippen LogP contribution is -2.09. The molecule has 0 spiro atoms. The molecule has 3 aromatic carbocycles. The molecule has 0 heterocycles. The minimum absolute atomic E-state index is 0.0752. The van der Waals surface area contributed by atoms with Gasteiger partial charge in [0, 0.05) is 0 Å². The highest BCUT2D eigenvalue weighted by atomic mass is 19.1. The topological polar surface area (TPSA) is 26.3 Å². The molecule has 0 aliphatic carbocycles. The molecule has 0 saturated heterocycles. The molecule has 0 aromatic heterocycles. The maximum absolute atomic E-state index is 14.6. The maximum Gasteiger partial charge on any atom is 0.343 e. The first-order valence-electron chi connectivity index (χ1n) is 13.4. The number of hydrogen-bond acceptors (Lipinski definition) is 2. The molecule has 0 bridgehead atoms. The molecule has 3 rings (SSSR count). The van der Waals surface area contributed by atoms with Gasteiger partial charge >= 0.3 is 5.97 Å². The SMILES string of the molecule is CCCCCCCc1ccc(-c2ccc(C(=O)Oc3ccc(CCCCCC)cc3F)cc2)cc1F. The number of rotatable bonds is 14. The van der Waals surface area contributed by atoms with E-state index in [-0.39, 0.29) is 11.6 Å². The molecule has 0 aliphatic rings. The molecule has 2 nitrogen and oxygen atoms in total. The van der Waals surface area contributed by atoms with E-state index < -0.39 is 11.8 Å². The van der Waals surface area contributed by atoms with Crippen LogP contribution in [0.2, 0.25) is 0 Å². The van der Waals surface area contributed by atoms with Crippen LogP contribution in [0.15, 0.2) is 60.7 Å². The number of aryl methyl sites for hydroxylation is 2. The van der Waals surface area contributed by atoms with Crippen molar-refractivity contribution in [1.82, 2.24) is 0 Å². The quantitative estimate of drug-likeness (QED) is 0.127. The molecule has 0 radical (unpaired) electrons. The second-order valence-electron chi connectivity index (χ2n) is 9.51. The van der Waals surface area contributed by atoms with Crippen LogP contribution in [0.25, 0.3) is 11.1 Å². The Labute approximate surface area is 214 Å². The minimum atomic E-state index is -0.624. The Hall–Kier alpha value is -3.01. The van der Waals surface area contributed by atoms with Crippen LogP contribution in [0.3, 0.4) is 0 Å². The van der Waals surface area contributed by atoms with E-state index in [1.165, 1.54) is 37.8 Å². The van der Waals surface area contributed by atoms with Gasteiger partial charge in [0.1, 0.15) is 5.82 Å². The molecule has 36 heavy (non-hydrogen) atoms. The van der Waals surface area contributed by atoms with Crippen molar-refractivity contribution in [2.24, 2.45) is 0 Å². The number of benzene rings is 3. The number of hydrogen-bond donors (Lipinski definition) is 0. The molecule has 192 valence electrons. The van der Waals surface area contributed by atoms with Gasteiger partial charge in [-0.1, -0.05) is 89.1 Å². The van der Waals surface area contributed by atoms with Crippen LogP contribution in [0.4, 0.5) is 8.78 Å². The first kappa shape index (κ1) is 27.6. The molecule has 3 aromatic rings. The van der Waals surface area contributed by atoms with Gasteiger partial charge in [-0.25, -0.2) is 13.6 Å². The summed E-state index contributed by atoms with van der Waals surface area (Å²) < 4.78 is 34.4. The molecular formula is C32H38F2O2. The monoisotopic (exact) mass is 492 g/mol. The van der Waals surface area contributed by atoms with Crippen molar-refractivity contribution in [2.45, 2.75) is 84.5 Å². The molecule has 0 N–H and O–H groups in total. The average molecular weight is 493 g/mol. The van der Waals surface area contributed by atoms with Gasteiger partial charge in [-0.3, -0.25) is 0 Å². The summed E-state index contributed by atoms with van der Waals surface area (Å²) >= 11 is 0. The van der Waals surface area contributed by atoms with Gasteiger partial charge in [-0.2, -0.15) is 0 Å². The van der Waals surface area contributed by atoms with Crippen molar-refractivity contribution >= 4 is 5.97 Å². The highest BCUT2D eigenvalue weighted by molar-refractivity contribution is 5.91. The summed E-state index contributed by atoms with van der Waals surface area (Å²) in [5.74, 6) is -1.43. The summed E-state index contributed by atoms with van der Waals surface area (Å²) in [7, 11) is 0. The summed E-state index contributed by atoms with van der Waals surface area (Å²) in [4.78, 5) is 12.6. The highest BCUT2D eigenvalue weighted by Gasteiger charge is 2.13. The fourth-order valence-corrected chi connectivity index (χ4v) is 4.34. The smallest absolute Gasteiger partial charge is 0.343 e. The number of unbranched alkanes of at least 4 members (excludes halogenated alkanes) is 7. The van der Waals surface area contributed by atoms with E-state index in [0.29, 0.717) is 5.56 Å². The predicted molar refractivity (Wildman–Crippen MR) is 144 cm³/mol. The second kappa shape index (κ2) is 14.5. The minimum Gasteiger partial charge on any atom is -0.420 e. The summed E-state index contributed by atoms with van der Waals surface area (Å²) in [6.45, 7) is 4.34. The van der Waals surface area contributed by atoms with E-state index >= 15 is 0 Å². The Kier molecular flexibility index (Phi) is 11.1. The van der Waals surface area contributed by atoms with E-state index in [9.17, 15) is 13.6 Å². The van der Waals surface area contributed by atoms with E-state index in [4.69, 9.17) is 4.74 Å². The van der Waals surface area contributed by atoms with Crippen LogP contribution < -0.4 is 4.74 Å². The molecule has 4 heteroatoms. The largest absolute Gasteiger partial charge is 0.420 e. The zero-order chi connectivity index (χ0) is 25.8. The highest BCUT2D eigenvalue weighted by Crippen LogP contribution is 2.25. The first-order chi connectivity index (χ1) is 17.5. The molecular weight excluding hydrogens is 454 g/mol. The third kappa shape index (κ3) is 8.29. The van der Waals surface area contributed by atoms with Crippen molar-refractivity contribution in [3.05, 3.63) is 89.0 Å². The van der Waals surface area contributed by atoms with Crippen molar-refractivity contribution in [3.63, 3.8) is 0 Å². The summed E-state index contributed by atoms with van der Waals surface area (Å²) in [5.41, 5.74) is 3.51. The van der Waals surface area contributed by atoms with Gasteiger partial charge in [-0.05, 0) is 78.3 Å². The van der Waals surface area contributed by atoms with Crippen LogP contribution in [-0.2, 0) is 12.8 Å². The summed E-state index contributed by atoms with van der Waals surface area (Å²) in [5, 5.41) is 0. The normalized spacial score (nSPS) is 11.0. The number of carbonyl (C=O) groups is 1. The first-order valence-corrected chi connectivity index (χ1v) is 13.4. The molecule has 0 amide bonds. The maximum atomic E-state index is 14.6. The molecule has 0 unspecified atom stereocenters. The van der Waals surface area contributed by atoms with E-state index in [2.05, 4.69) is 13.8 Å². The summed E-state index contributed by atoms with van der Waals surface area (Å²) in [6.07, 6.45) is 11.8. The number of esters is 1. The lowest BCUT2D eigenvalue weighted by atomic mass is 9.99. The van der Waals surface area contributed by atoms with Gasteiger partial charge in [0.25, 0.3) is 0 Å². The third-order valence-electron chi connectivity index (χ3n) is 6.57. The van der Waals surface area contributed by atoms with Crippen molar-refractivity contribution in [1.29, 1.82) is 0 Å². The number of halogens is 2. The molecule has 0 fully saturated rings. The zero-order valence-corrected chi connectivity index (χ0v) is 21.6. The van der Waals surface area contributed by atoms with Crippen LogP contribution in [-0.4, -0.2) is 5.97 Å². The van der Waals surface area contributed by atoms with Gasteiger partial charge in [-0.15, -0.1) is 0 Å². The fourth-order valence-electron chi connectivity index (χ4n) is 4.34. The second-order valence-corrected chi connectivity index (χ2v) is 9.51. The van der Waals surface area contributed by atoms with Crippen LogP contribution in [0.1, 0.15) is 93.1 Å². The van der Waals surface area contributed by atoms with E-state index in [0.717, 1.165) is 67.2 Å². The number of carbonyl (C=O) groups excluding carboxylic acids is 1. The predicted octanol–water partition coefficient (Wildman–Crippen LogP) is 9.49. The van der Waals surface area contributed by atoms with Gasteiger partial charge in [0.05, 0.1) is 5.56 Å². The molecule has 0 saturated carbocycles. The van der Waals surface area contributed by atoms with Gasteiger partial charge < -0.3 is 4.74 Å². The Bertz CT molecular complexity index is 1110. The van der Waals surface area contributed by atoms with Crippen LogP contribution in [0, 0.1) is 11.6 Å². The number of ether oxygens (including phenoxy) is 1. The Morgan fingerprint density at radius 2 is 1.31 bits per heavy atom. The van der Waals surface area contributed by atoms with Gasteiger partial charge in [0.15, 0.2) is 11.6 Å². The molecule has 0 aliphatic heterocycles.